The zero-order valence-corrected chi connectivity index (χ0v) is 9.73. The summed E-state index contributed by atoms with van der Waals surface area (Å²) in [6, 6.07) is 0. The van der Waals surface area contributed by atoms with Crippen LogP contribution in [0.2, 0.25) is 0 Å². The van der Waals surface area contributed by atoms with Crippen molar-refractivity contribution in [2.24, 2.45) is 0 Å². The highest BCUT2D eigenvalue weighted by atomic mass is 32.1. The number of aromatic carboxylic acids is 1. The van der Waals surface area contributed by atoms with Crippen molar-refractivity contribution in [2.75, 3.05) is 0 Å². The lowest BCUT2D eigenvalue weighted by Crippen LogP contribution is -2.20. The normalized spacial score (nSPS) is 10.2. The fraction of sp³-hybridized carbons (Fsp3) is 0.111. The highest BCUT2D eigenvalue weighted by Crippen LogP contribution is 2.21. The number of carbonyl (C=O) groups excluding carboxylic acids is 1. The van der Waals surface area contributed by atoms with Gasteiger partial charge in [0.15, 0.2) is 11.5 Å². The molecule has 2 aromatic heterocycles. The molecule has 0 saturated heterocycles. The Morgan fingerprint density at radius 3 is 2.89 bits per heavy atom. The number of nitrogens with one attached hydrogen (secondary N) is 1. The maximum absolute atomic E-state index is 10.6. The third-order valence-electron chi connectivity index (χ3n) is 1.91. The average molecular weight is 263 g/mol. The monoisotopic (exact) mass is 263 g/mol. The number of amides is 1. The van der Waals surface area contributed by atoms with E-state index in [0.717, 1.165) is 6.26 Å². The van der Waals surface area contributed by atoms with E-state index >= 15 is 0 Å². The molecule has 0 fully saturated rings. The van der Waals surface area contributed by atoms with E-state index in [4.69, 9.17) is 17.4 Å². The van der Waals surface area contributed by atoms with Crippen LogP contribution < -0.4 is 5.32 Å². The van der Waals surface area contributed by atoms with Crippen molar-refractivity contribution in [2.45, 2.75) is 6.54 Å². The van der Waals surface area contributed by atoms with Crippen LogP contribution in [0, 0.1) is 0 Å². The second kappa shape index (κ2) is 5.00. The van der Waals surface area contributed by atoms with Gasteiger partial charge in [0.05, 0.1) is 6.54 Å². The van der Waals surface area contributed by atoms with Crippen molar-refractivity contribution in [3.8, 4) is 11.6 Å². The summed E-state index contributed by atoms with van der Waals surface area (Å²) in [5.74, 6) is -1.69. The summed E-state index contributed by atoms with van der Waals surface area (Å²) in [7, 11) is 4.93. The molecule has 7 nitrogen and oxygen atoms in total. The predicted octanol–water partition coefficient (Wildman–Crippen LogP) is 0.874. The molecule has 2 rings (SSSR count). The van der Waals surface area contributed by atoms with E-state index in [1.54, 1.807) is 5.38 Å². The number of carboxylic acid groups (broad SMARTS) is 1. The van der Waals surface area contributed by atoms with Crippen molar-refractivity contribution in [1.29, 1.82) is 0 Å². The van der Waals surface area contributed by atoms with Gasteiger partial charge in [-0.1, -0.05) is 0 Å². The van der Waals surface area contributed by atoms with Gasteiger partial charge in [-0.3, -0.25) is 4.79 Å². The van der Waals surface area contributed by atoms with Crippen LogP contribution in [0.5, 0.6) is 0 Å². The molecule has 0 aliphatic carbocycles. The first-order chi connectivity index (χ1) is 8.56. The molecule has 90 valence electrons. The first kappa shape index (κ1) is 12.3. The molecule has 2 aromatic rings. The van der Waals surface area contributed by atoms with Crippen molar-refractivity contribution < 1.29 is 19.1 Å². The molecule has 0 aliphatic heterocycles. The van der Waals surface area contributed by atoms with Gasteiger partial charge in [0.1, 0.15) is 17.0 Å². The Morgan fingerprint density at radius 2 is 2.28 bits per heavy atom. The van der Waals surface area contributed by atoms with Crippen molar-refractivity contribution in [3.63, 3.8) is 0 Å². The minimum atomic E-state index is -1.17. The van der Waals surface area contributed by atoms with Gasteiger partial charge in [-0.25, -0.2) is 14.8 Å². The third-order valence-corrected chi connectivity index (χ3v) is 2.76. The lowest BCUT2D eigenvalue weighted by Gasteiger charge is -1.96. The number of thiazole rings is 1. The molecule has 0 aromatic carbocycles. The van der Waals surface area contributed by atoms with Crippen LogP contribution >= 0.6 is 11.3 Å². The van der Waals surface area contributed by atoms with Crippen molar-refractivity contribution in [3.05, 3.63) is 22.3 Å². The number of oxazole rings is 1. The number of nitrogens with zero attached hydrogens (tertiary/aromatic N) is 2. The summed E-state index contributed by atoms with van der Waals surface area (Å²) in [4.78, 5) is 29.0. The highest BCUT2D eigenvalue weighted by Gasteiger charge is 2.14. The van der Waals surface area contributed by atoms with Gasteiger partial charge in [-0.15, -0.1) is 11.3 Å². The Hall–Kier alpha value is -2.16. The smallest absolute Gasteiger partial charge is 0.357 e. The van der Waals surface area contributed by atoms with Gasteiger partial charge in [-0.2, -0.15) is 0 Å². The van der Waals surface area contributed by atoms with Gasteiger partial charge >= 0.3 is 5.97 Å². The summed E-state index contributed by atoms with van der Waals surface area (Å²) in [5, 5.41) is 13.3. The number of aromatic nitrogens is 2. The predicted molar refractivity (Wildman–Crippen MR) is 62.6 cm³/mol. The van der Waals surface area contributed by atoms with Crippen LogP contribution in [-0.2, 0) is 6.54 Å². The largest absolute Gasteiger partial charge is 0.476 e. The fourth-order valence-corrected chi connectivity index (χ4v) is 1.85. The Morgan fingerprint density at radius 1 is 1.50 bits per heavy atom. The van der Waals surface area contributed by atoms with E-state index in [1.807, 2.05) is 0 Å². The zero-order chi connectivity index (χ0) is 13.1. The number of hydrogen-bond donors (Lipinski definition) is 2. The summed E-state index contributed by atoms with van der Waals surface area (Å²) >= 11 is 1.28. The summed E-state index contributed by atoms with van der Waals surface area (Å²) in [6.07, 6.45) is 1.04. The molecule has 0 saturated carbocycles. The first-order valence-electron chi connectivity index (χ1n) is 4.73. The van der Waals surface area contributed by atoms with Crippen LogP contribution in [0.25, 0.3) is 11.6 Å². The molecule has 2 heterocycles. The zero-order valence-electron chi connectivity index (χ0n) is 8.91. The number of carbonyl (C=O) groups is 2. The van der Waals surface area contributed by atoms with Gasteiger partial charge in [0, 0.05) is 5.38 Å². The minimum absolute atomic E-state index is 0.119. The van der Waals surface area contributed by atoms with Gasteiger partial charge in [-0.05, 0) is 0 Å². The van der Waals surface area contributed by atoms with Crippen molar-refractivity contribution >= 4 is 31.0 Å². The topological polar surface area (TPSA) is 105 Å². The first-order valence-corrected chi connectivity index (χ1v) is 5.61. The van der Waals surface area contributed by atoms with Gasteiger partial charge in [0.25, 0.3) is 0 Å². The van der Waals surface area contributed by atoms with E-state index in [9.17, 15) is 9.59 Å². The Bertz CT molecular complexity index is 594. The number of rotatable bonds is 4. The molecule has 0 aliphatic rings. The molecular weight excluding hydrogens is 257 g/mol. The van der Waals surface area contributed by atoms with E-state index in [-0.39, 0.29) is 18.1 Å². The lowest BCUT2D eigenvalue weighted by atomic mass is 10.1. The fourth-order valence-electron chi connectivity index (χ4n) is 1.14. The summed E-state index contributed by atoms with van der Waals surface area (Å²) in [5.41, 5.74) is 0.226. The summed E-state index contributed by atoms with van der Waals surface area (Å²) in [6.45, 7) is 0.201. The van der Waals surface area contributed by atoms with Gasteiger partial charge < -0.3 is 14.8 Å². The van der Waals surface area contributed by atoms with E-state index in [1.165, 1.54) is 11.3 Å². The second-order valence-electron chi connectivity index (χ2n) is 3.19. The number of hydrogen-bond acceptors (Lipinski definition) is 6. The standard InChI is InChI=1S/C9H6BN3O4S/c10-9(16)11-1-6-12-5(3-18-6)7-13-4(2-17-7)8(14)15/h2-3H,1H2,(H,11,16)(H,14,15). The average Bonchev–Trinajstić information content (AvgIpc) is 2.95. The molecule has 0 spiro atoms. The molecule has 2 radical (unpaired) electrons. The maximum Gasteiger partial charge on any atom is 0.357 e. The second-order valence-corrected chi connectivity index (χ2v) is 4.13. The molecule has 0 atom stereocenters. The van der Waals surface area contributed by atoms with Crippen LogP contribution in [0.15, 0.2) is 16.1 Å². The molecule has 18 heavy (non-hydrogen) atoms. The van der Waals surface area contributed by atoms with Crippen LogP contribution in [0.3, 0.4) is 0 Å². The molecule has 0 unspecified atom stereocenters. The molecule has 1 amide bonds. The third kappa shape index (κ3) is 2.75. The SMILES string of the molecule is [B]C(=O)NCc1nc(-c2nc(C(=O)O)co2)cs1. The summed E-state index contributed by atoms with van der Waals surface area (Å²) < 4.78 is 4.99. The van der Waals surface area contributed by atoms with E-state index < -0.39 is 11.8 Å². The highest BCUT2D eigenvalue weighted by molar-refractivity contribution is 7.09. The van der Waals surface area contributed by atoms with Crippen LogP contribution in [0.4, 0.5) is 4.79 Å². The van der Waals surface area contributed by atoms with Gasteiger partial charge in [0.2, 0.25) is 13.7 Å². The molecule has 9 heteroatoms. The van der Waals surface area contributed by atoms with Crippen LogP contribution in [-0.4, -0.2) is 34.7 Å². The molecular formula is C9H6BN3O4S. The molecule has 2 N–H and O–H groups in total. The Balaban J connectivity index is 2.13. The maximum atomic E-state index is 10.6. The Kier molecular flexibility index (Phi) is 3.42. The van der Waals surface area contributed by atoms with E-state index in [0.29, 0.717) is 10.7 Å². The lowest BCUT2D eigenvalue weighted by molar-refractivity contribution is 0.0690. The minimum Gasteiger partial charge on any atom is -0.476 e. The van der Waals surface area contributed by atoms with E-state index in [2.05, 4.69) is 15.3 Å². The Labute approximate surface area is 106 Å². The quantitative estimate of drug-likeness (QED) is 0.793. The molecule has 0 bridgehead atoms. The number of carboxylic acids is 1. The van der Waals surface area contributed by atoms with Crippen LogP contribution in [0.1, 0.15) is 15.5 Å². The van der Waals surface area contributed by atoms with Crippen molar-refractivity contribution in [1.82, 2.24) is 15.3 Å².